The first-order chi connectivity index (χ1) is 20.2. The largest absolute Gasteiger partial charge is 0.480 e. The van der Waals surface area contributed by atoms with Gasteiger partial charge in [-0.2, -0.15) is 9.97 Å². The molecule has 0 spiro atoms. The number of rotatable bonds is 13. The highest BCUT2D eigenvalue weighted by Gasteiger charge is 2.21. The number of ether oxygens (including phenoxy) is 1. The van der Waals surface area contributed by atoms with Crippen molar-refractivity contribution < 1.29 is 29.0 Å². The predicted molar refractivity (Wildman–Crippen MR) is 158 cm³/mol. The second-order valence-corrected chi connectivity index (χ2v) is 8.90. The fourth-order valence-corrected chi connectivity index (χ4v) is 3.91. The number of aromatic nitrogens is 4. The molecule has 0 saturated heterocycles. The number of nitrogens with two attached hydrogens (primary N) is 2. The molecule has 15 nitrogen and oxygen atoms in total. The van der Waals surface area contributed by atoms with Crippen molar-refractivity contribution in [1.82, 2.24) is 30.6 Å². The van der Waals surface area contributed by atoms with Crippen LogP contribution in [-0.4, -0.2) is 61.9 Å². The summed E-state index contributed by atoms with van der Waals surface area (Å²) in [4.78, 5) is 63.9. The maximum Gasteiger partial charge on any atom is 0.326 e. The molecule has 2 aromatic heterocycles. The zero-order valence-corrected chi connectivity index (χ0v) is 22.1. The van der Waals surface area contributed by atoms with Crippen molar-refractivity contribution >= 4 is 52.9 Å². The topological polar surface area (TPSA) is 237 Å². The summed E-state index contributed by atoms with van der Waals surface area (Å²) >= 11 is 0. The molecule has 224 valence electrons. The van der Waals surface area contributed by atoms with Gasteiger partial charge in [-0.05, 0) is 49.2 Å². The van der Waals surface area contributed by atoms with E-state index in [2.05, 4.69) is 35.9 Å². The molecule has 0 aliphatic rings. The summed E-state index contributed by atoms with van der Waals surface area (Å²) in [7, 11) is 0. The molecule has 0 radical (unpaired) electrons. The maximum absolute atomic E-state index is 12.7. The summed E-state index contributed by atoms with van der Waals surface area (Å²) in [6.07, 6.45) is 1.87. The number of carbonyl (C=O) groups excluding carboxylic acids is 3. The molecule has 0 bridgehead atoms. The summed E-state index contributed by atoms with van der Waals surface area (Å²) in [5, 5.41) is 17.9. The first-order valence-electron chi connectivity index (χ1n) is 12.6. The van der Waals surface area contributed by atoms with E-state index in [1.807, 2.05) is 0 Å². The Bertz CT molecular complexity index is 1610. The molecule has 4 rings (SSSR count). The van der Waals surface area contributed by atoms with E-state index in [0.717, 1.165) is 0 Å². The van der Waals surface area contributed by atoms with Gasteiger partial charge in [0.1, 0.15) is 11.8 Å². The van der Waals surface area contributed by atoms with E-state index < -0.39 is 23.8 Å². The van der Waals surface area contributed by atoms with E-state index in [0.29, 0.717) is 23.4 Å². The number of carbonyl (C=O) groups is 4. The van der Waals surface area contributed by atoms with Gasteiger partial charge in [-0.1, -0.05) is 19.6 Å². The van der Waals surface area contributed by atoms with E-state index in [1.54, 1.807) is 36.4 Å². The van der Waals surface area contributed by atoms with Gasteiger partial charge in [0, 0.05) is 17.8 Å². The molecular weight excluding hydrogens is 558 g/mol. The Hall–Kier alpha value is -5.86. The van der Waals surface area contributed by atoms with Crippen LogP contribution in [0.1, 0.15) is 46.7 Å². The molecule has 0 aliphatic heterocycles. The lowest BCUT2D eigenvalue weighted by Gasteiger charge is -2.15. The molecule has 2 heterocycles. The van der Waals surface area contributed by atoms with E-state index >= 15 is 0 Å². The number of aliphatic carboxylic acids is 1. The van der Waals surface area contributed by atoms with E-state index in [-0.39, 0.29) is 67.6 Å². The second kappa shape index (κ2) is 14.7. The van der Waals surface area contributed by atoms with Crippen molar-refractivity contribution in [2.45, 2.75) is 32.9 Å². The van der Waals surface area contributed by atoms with Crippen molar-refractivity contribution in [3.63, 3.8) is 0 Å². The summed E-state index contributed by atoms with van der Waals surface area (Å²) in [6, 6.07) is 11.5. The third-order valence-electron chi connectivity index (χ3n) is 5.99. The Labute approximate surface area is 246 Å². The normalized spacial score (nSPS) is 11.1. The zero-order chi connectivity index (χ0) is 30.1. The molecule has 1 atom stereocenters. The molecule has 0 unspecified atom stereocenters. The Balaban J connectivity index is 0.00000506. The number of fused-ring (bicyclic) bond motifs is 1. The van der Waals surface area contributed by atoms with Crippen LogP contribution in [0.3, 0.4) is 0 Å². The number of amides is 2. The molecule has 0 aliphatic carbocycles. The number of nitrogens with one attached hydrogen (secondary N) is 3. The minimum atomic E-state index is -1.21. The SMILES string of the molecule is C.Nc1nc(N)c2nc(CNc3ccc(C(=O)N[C@@H](CCCNC(=O)c4ccccc4OC=O)C(=O)O)cc3)cnc2n1. The van der Waals surface area contributed by atoms with Crippen molar-refractivity contribution in [2.24, 2.45) is 0 Å². The van der Waals surface area contributed by atoms with E-state index in [4.69, 9.17) is 16.2 Å². The molecule has 2 aromatic carbocycles. The fourth-order valence-electron chi connectivity index (χ4n) is 3.91. The van der Waals surface area contributed by atoms with Crippen LogP contribution in [0.5, 0.6) is 5.75 Å². The zero-order valence-electron chi connectivity index (χ0n) is 22.1. The highest BCUT2D eigenvalue weighted by Crippen LogP contribution is 2.18. The minimum Gasteiger partial charge on any atom is -0.480 e. The van der Waals surface area contributed by atoms with Crippen LogP contribution in [0.2, 0.25) is 0 Å². The average Bonchev–Trinajstić information content (AvgIpc) is 2.98. The molecule has 4 aromatic rings. The fraction of sp³-hybridized carbons (Fsp3) is 0.214. The monoisotopic (exact) mass is 589 g/mol. The van der Waals surface area contributed by atoms with E-state index in [9.17, 15) is 24.3 Å². The van der Waals surface area contributed by atoms with Crippen molar-refractivity contribution in [3.05, 3.63) is 71.5 Å². The van der Waals surface area contributed by atoms with Crippen LogP contribution in [0.4, 0.5) is 17.5 Å². The number of nitrogen functional groups attached to an aromatic ring is 2. The molecule has 43 heavy (non-hydrogen) atoms. The number of carboxylic acid groups (broad SMARTS) is 1. The third-order valence-corrected chi connectivity index (χ3v) is 5.99. The van der Waals surface area contributed by atoms with Crippen LogP contribution in [0, 0.1) is 0 Å². The van der Waals surface area contributed by atoms with Gasteiger partial charge in [0.05, 0.1) is 24.0 Å². The Morgan fingerprint density at radius 2 is 1.74 bits per heavy atom. The second-order valence-electron chi connectivity index (χ2n) is 8.90. The highest BCUT2D eigenvalue weighted by molar-refractivity contribution is 5.97. The first-order valence-corrected chi connectivity index (χ1v) is 12.6. The van der Waals surface area contributed by atoms with Crippen LogP contribution in [-0.2, 0) is 16.1 Å². The molecular formula is C28H31N9O6. The average molecular weight is 590 g/mol. The Morgan fingerprint density at radius 3 is 2.47 bits per heavy atom. The Morgan fingerprint density at radius 1 is 1.00 bits per heavy atom. The van der Waals surface area contributed by atoms with Gasteiger partial charge in [-0.15, -0.1) is 0 Å². The van der Waals surface area contributed by atoms with Crippen LogP contribution < -0.4 is 32.2 Å². The van der Waals surface area contributed by atoms with E-state index in [1.165, 1.54) is 18.3 Å². The molecule has 0 fully saturated rings. The molecule has 2 amide bonds. The lowest BCUT2D eigenvalue weighted by molar-refractivity contribution is -0.139. The summed E-state index contributed by atoms with van der Waals surface area (Å²) in [6.45, 7) is 0.664. The van der Waals surface area contributed by atoms with Crippen LogP contribution in [0.15, 0.2) is 54.7 Å². The van der Waals surface area contributed by atoms with Gasteiger partial charge in [0.15, 0.2) is 17.0 Å². The number of hydrogen-bond acceptors (Lipinski definition) is 12. The van der Waals surface area contributed by atoms with Gasteiger partial charge in [0.25, 0.3) is 18.3 Å². The molecule has 15 heteroatoms. The van der Waals surface area contributed by atoms with Crippen molar-refractivity contribution in [1.29, 1.82) is 0 Å². The highest BCUT2D eigenvalue weighted by atomic mass is 16.5. The summed E-state index contributed by atoms with van der Waals surface area (Å²) < 4.78 is 4.79. The predicted octanol–water partition coefficient (Wildman–Crippen LogP) is 1.76. The minimum absolute atomic E-state index is 0. The third kappa shape index (κ3) is 8.32. The summed E-state index contributed by atoms with van der Waals surface area (Å²) in [5.74, 6) is -2.01. The number of carboxylic acids is 1. The maximum atomic E-state index is 12.7. The van der Waals surface area contributed by atoms with Gasteiger partial charge < -0.3 is 37.3 Å². The van der Waals surface area contributed by atoms with Gasteiger partial charge in [-0.3, -0.25) is 14.4 Å². The molecule has 8 N–H and O–H groups in total. The lowest BCUT2D eigenvalue weighted by Crippen LogP contribution is -2.41. The van der Waals surface area contributed by atoms with Crippen molar-refractivity contribution in [2.75, 3.05) is 23.3 Å². The Kier molecular flexibility index (Phi) is 10.8. The standard InChI is InChI=1S/C27H27N9O6.CH4/c28-22-21-23(36-27(29)35-22)32-13-17(33-21)12-31-16-9-7-15(8-10-16)24(38)34-19(26(40)41)5-3-11-30-25(39)18-4-1-2-6-20(18)42-14-37;/h1-2,4,6-10,13-14,19,31H,3,5,11-12H2,(H,30,39)(H,34,38)(H,40,41)(H4,28,29,32,35,36);1H4/t19-;/m0./s1. The van der Waals surface area contributed by atoms with Gasteiger partial charge >= 0.3 is 5.97 Å². The molecule has 0 saturated carbocycles. The number of hydrogen-bond donors (Lipinski definition) is 6. The number of anilines is 3. The smallest absolute Gasteiger partial charge is 0.326 e. The van der Waals surface area contributed by atoms with Crippen LogP contribution >= 0.6 is 0 Å². The van der Waals surface area contributed by atoms with Gasteiger partial charge in [-0.25, -0.2) is 14.8 Å². The first kappa shape index (κ1) is 31.7. The number of nitrogens with zero attached hydrogens (tertiary/aromatic N) is 4. The quantitative estimate of drug-likeness (QED) is 0.0964. The van der Waals surface area contributed by atoms with Gasteiger partial charge in [0.2, 0.25) is 5.95 Å². The van der Waals surface area contributed by atoms with Crippen LogP contribution in [0.25, 0.3) is 11.2 Å². The lowest BCUT2D eigenvalue weighted by atomic mass is 10.1. The summed E-state index contributed by atoms with van der Waals surface area (Å²) in [5.41, 5.74) is 13.7. The number of benzene rings is 2. The number of para-hydroxylation sites is 1. The van der Waals surface area contributed by atoms with Crippen molar-refractivity contribution in [3.8, 4) is 5.75 Å².